The summed E-state index contributed by atoms with van der Waals surface area (Å²) in [5.41, 5.74) is 2.15. The average molecular weight is 301 g/mol. The third kappa shape index (κ3) is 4.01. The van der Waals surface area contributed by atoms with Crippen LogP contribution in [-0.4, -0.2) is 31.6 Å². The number of hydrogen-bond acceptors (Lipinski definition) is 3. The number of amides is 1. The lowest BCUT2D eigenvalue weighted by molar-refractivity contribution is -0.118. The molecule has 0 aliphatic carbocycles. The molecule has 1 amide bonds. The summed E-state index contributed by atoms with van der Waals surface area (Å²) in [6.07, 6.45) is 8.45. The number of carbonyl (C=O) groups is 1. The molecule has 4 heteroatoms. The number of carbonyl (C=O) groups excluding carboxylic acids is 1. The molecule has 1 aromatic rings. The summed E-state index contributed by atoms with van der Waals surface area (Å²) in [6, 6.07) is 8.27. The van der Waals surface area contributed by atoms with Crippen molar-refractivity contribution in [3.63, 3.8) is 0 Å². The van der Waals surface area contributed by atoms with Crippen LogP contribution in [0.1, 0.15) is 44.9 Å². The summed E-state index contributed by atoms with van der Waals surface area (Å²) in [5, 5.41) is 6.38. The van der Waals surface area contributed by atoms with E-state index in [1.807, 2.05) is 12.1 Å². The van der Waals surface area contributed by atoms with Crippen LogP contribution >= 0.6 is 0 Å². The maximum Gasteiger partial charge on any atom is 0.241 e. The van der Waals surface area contributed by atoms with Gasteiger partial charge in [0.2, 0.25) is 5.91 Å². The van der Waals surface area contributed by atoms with E-state index in [9.17, 15) is 4.79 Å². The Hall–Kier alpha value is -1.55. The number of rotatable bonds is 3. The highest BCUT2D eigenvalue weighted by molar-refractivity contribution is 5.95. The van der Waals surface area contributed by atoms with Gasteiger partial charge in [0.25, 0.3) is 0 Å². The van der Waals surface area contributed by atoms with E-state index in [1.165, 1.54) is 37.8 Å². The monoisotopic (exact) mass is 301 g/mol. The van der Waals surface area contributed by atoms with Crippen LogP contribution in [0.15, 0.2) is 24.3 Å². The van der Waals surface area contributed by atoms with Gasteiger partial charge in [-0.1, -0.05) is 25.3 Å². The van der Waals surface area contributed by atoms with Crippen LogP contribution in [0.4, 0.5) is 11.4 Å². The lowest BCUT2D eigenvalue weighted by atomic mass is 10.0. The van der Waals surface area contributed by atoms with E-state index >= 15 is 0 Å². The molecule has 0 saturated carbocycles. The van der Waals surface area contributed by atoms with Crippen molar-refractivity contribution in [2.24, 2.45) is 0 Å². The minimum Gasteiger partial charge on any atom is -0.371 e. The second kappa shape index (κ2) is 7.63. The van der Waals surface area contributed by atoms with E-state index in [-0.39, 0.29) is 11.9 Å². The molecule has 0 radical (unpaired) electrons. The molecule has 3 rings (SSSR count). The van der Waals surface area contributed by atoms with Gasteiger partial charge in [-0.05, 0) is 50.4 Å². The molecule has 22 heavy (non-hydrogen) atoms. The molecule has 2 aliphatic heterocycles. The molecule has 2 N–H and O–H groups in total. The van der Waals surface area contributed by atoms with E-state index in [4.69, 9.17) is 0 Å². The largest absolute Gasteiger partial charge is 0.371 e. The van der Waals surface area contributed by atoms with Crippen molar-refractivity contribution in [3.8, 4) is 0 Å². The van der Waals surface area contributed by atoms with Gasteiger partial charge in [-0.2, -0.15) is 0 Å². The molecule has 4 nitrogen and oxygen atoms in total. The van der Waals surface area contributed by atoms with Gasteiger partial charge in [-0.25, -0.2) is 0 Å². The van der Waals surface area contributed by atoms with Gasteiger partial charge in [0.15, 0.2) is 0 Å². The summed E-state index contributed by atoms with van der Waals surface area (Å²) in [7, 11) is 0. The van der Waals surface area contributed by atoms with Gasteiger partial charge in [0.05, 0.1) is 6.04 Å². The van der Waals surface area contributed by atoms with Crippen LogP contribution in [0.3, 0.4) is 0 Å². The van der Waals surface area contributed by atoms with Gasteiger partial charge in [0.1, 0.15) is 0 Å². The Morgan fingerprint density at radius 3 is 2.64 bits per heavy atom. The van der Waals surface area contributed by atoms with Crippen molar-refractivity contribution in [1.29, 1.82) is 0 Å². The fraction of sp³-hybridized carbons (Fsp3) is 0.611. The van der Waals surface area contributed by atoms with Crippen LogP contribution in [-0.2, 0) is 4.79 Å². The zero-order chi connectivity index (χ0) is 15.2. The molecule has 0 spiro atoms. The average Bonchev–Trinajstić information content (AvgIpc) is 2.85. The molecule has 2 fully saturated rings. The molecule has 0 aromatic heterocycles. The summed E-state index contributed by atoms with van der Waals surface area (Å²) in [5.74, 6) is 0.104. The van der Waals surface area contributed by atoms with Crippen LogP contribution in [0.5, 0.6) is 0 Å². The predicted molar refractivity (Wildman–Crippen MR) is 91.4 cm³/mol. The third-order valence-corrected chi connectivity index (χ3v) is 4.71. The van der Waals surface area contributed by atoms with E-state index in [1.54, 1.807) is 0 Å². The molecule has 2 saturated heterocycles. The second-order valence-corrected chi connectivity index (χ2v) is 6.44. The molecule has 1 atom stereocenters. The molecule has 120 valence electrons. The SMILES string of the molecule is O=C(Nc1cccc(N2CCCCCC2)c1)[C@H]1CCCCN1. The van der Waals surface area contributed by atoms with Crippen molar-refractivity contribution in [2.45, 2.75) is 51.0 Å². The van der Waals surface area contributed by atoms with Crippen molar-refractivity contribution >= 4 is 17.3 Å². The molecular formula is C18H27N3O. The standard InChI is InChI=1S/C18H27N3O/c22-18(17-10-3-4-11-19-17)20-15-8-7-9-16(14-15)21-12-5-1-2-6-13-21/h7-9,14,17,19H,1-6,10-13H2,(H,20,22)/t17-/m1/s1. The summed E-state index contributed by atoms with van der Waals surface area (Å²) in [6.45, 7) is 3.20. The van der Waals surface area contributed by atoms with Crippen molar-refractivity contribution in [1.82, 2.24) is 5.32 Å². The Kier molecular flexibility index (Phi) is 5.33. The summed E-state index contributed by atoms with van der Waals surface area (Å²) in [4.78, 5) is 14.8. The Morgan fingerprint density at radius 1 is 1.09 bits per heavy atom. The predicted octanol–water partition coefficient (Wildman–Crippen LogP) is 3.15. The minimum absolute atomic E-state index is 0.0319. The first-order valence-corrected chi connectivity index (χ1v) is 8.72. The van der Waals surface area contributed by atoms with Gasteiger partial charge < -0.3 is 15.5 Å². The molecule has 2 aliphatic rings. The molecule has 2 heterocycles. The van der Waals surface area contributed by atoms with Crippen molar-refractivity contribution < 1.29 is 4.79 Å². The molecule has 0 bridgehead atoms. The van der Waals surface area contributed by atoms with Gasteiger partial charge in [-0.15, -0.1) is 0 Å². The topological polar surface area (TPSA) is 44.4 Å². The van der Waals surface area contributed by atoms with Crippen molar-refractivity contribution in [2.75, 3.05) is 29.9 Å². The summed E-state index contributed by atoms with van der Waals surface area (Å²) < 4.78 is 0. The van der Waals surface area contributed by atoms with Crippen LogP contribution in [0.2, 0.25) is 0 Å². The normalized spacial score (nSPS) is 22.9. The second-order valence-electron chi connectivity index (χ2n) is 6.44. The number of hydrogen-bond donors (Lipinski definition) is 2. The third-order valence-electron chi connectivity index (χ3n) is 4.71. The van der Waals surface area contributed by atoms with Crippen LogP contribution < -0.4 is 15.5 Å². The molecule has 0 unspecified atom stereocenters. The van der Waals surface area contributed by atoms with Crippen molar-refractivity contribution in [3.05, 3.63) is 24.3 Å². The minimum atomic E-state index is -0.0319. The highest BCUT2D eigenvalue weighted by atomic mass is 16.2. The number of benzene rings is 1. The Balaban J connectivity index is 1.64. The number of nitrogens with zero attached hydrogens (tertiary/aromatic N) is 1. The van der Waals surface area contributed by atoms with Gasteiger partial charge in [0, 0.05) is 24.5 Å². The number of nitrogens with one attached hydrogen (secondary N) is 2. The number of piperidine rings is 1. The van der Waals surface area contributed by atoms with E-state index in [2.05, 4.69) is 27.7 Å². The fourth-order valence-corrected chi connectivity index (χ4v) is 3.41. The van der Waals surface area contributed by atoms with Gasteiger partial charge >= 0.3 is 0 Å². The first-order valence-electron chi connectivity index (χ1n) is 8.72. The Labute approximate surface area is 133 Å². The zero-order valence-corrected chi connectivity index (χ0v) is 13.3. The number of anilines is 2. The van der Waals surface area contributed by atoms with E-state index in [0.717, 1.165) is 38.2 Å². The first kappa shape index (κ1) is 15.3. The smallest absolute Gasteiger partial charge is 0.241 e. The highest BCUT2D eigenvalue weighted by Crippen LogP contribution is 2.23. The maximum atomic E-state index is 12.3. The molecular weight excluding hydrogens is 274 g/mol. The highest BCUT2D eigenvalue weighted by Gasteiger charge is 2.20. The van der Waals surface area contributed by atoms with E-state index in [0.29, 0.717) is 0 Å². The lowest BCUT2D eigenvalue weighted by Gasteiger charge is -2.24. The molecule has 1 aromatic carbocycles. The fourth-order valence-electron chi connectivity index (χ4n) is 3.41. The Morgan fingerprint density at radius 2 is 1.91 bits per heavy atom. The van der Waals surface area contributed by atoms with Crippen LogP contribution in [0, 0.1) is 0 Å². The Bertz CT molecular complexity index is 489. The van der Waals surface area contributed by atoms with E-state index < -0.39 is 0 Å². The first-order chi connectivity index (χ1) is 10.8. The maximum absolute atomic E-state index is 12.3. The van der Waals surface area contributed by atoms with Crippen LogP contribution in [0.25, 0.3) is 0 Å². The quantitative estimate of drug-likeness (QED) is 0.901. The van der Waals surface area contributed by atoms with Gasteiger partial charge in [-0.3, -0.25) is 4.79 Å². The lowest BCUT2D eigenvalue weighted by Crippen LogP contribution is -2.43. The summed E-state index contributed by atoms with van der Waals surface area (Å²) >= 11 is 0. The zero-order valence-electron chi connectivity index (χ0n) is 13.3.